The van der Waals surface area contributed by atoms with E-state index >= 15 is 0 Å². The highest BCUT2D eigenvalue weighted by Gasteiger charge is 2.61. The van der Waals surface area contributed by atoms with Crippen LogP contribution >= 0.6 is 11.6 Å². The van der Waals surface area contributed by atoms with Gasteiger partial charge in [-0.1, -0.05) is 41.9 Å². The predicted octanol–water partition coefficient (Wildman–Crippen LogP) is 2.98. The van der Waals surface area contributed by atoms with E-state index in [1.807, 2.05) is 18.2 Å². The molecule has 1 aliphatic rings. The molecule has 24 heavy (non-hydrogen) atoms. The number of ether oxygens (including phenoxy) is 1. The SMILES string of the molecule is [O-][n+]1cnn(CC2(c3ccc(F)cc3)OC2c2ccccc2Cl)c1. The van der Waals surface area contributed by atoms with E-state index in [9.17, 15) is 9.60 Å². The molecule has 0 N–H and O–H groups in total. The van der Waals surface area contributed by atoms with Crippen LogP contribution in [0.2, 0.25) is 5.02 Å². The van der Waals surface area contributed by atoms with Crippen LogP contribution in [0.25, 0.3) is 0 Å². The maximum atomic E-state index is 13.3. The molecule has 0 aliphatic carbocycles. The molecule has 1 aliphatic heterocycles. The molecule has 2 atom stereocenters. The van der Waals surface area contributed by atoms with Crippen LogP contribution in [0.15, 0.2) is 61.2 Å². The molecule has 1 saturated heterocycles. The van der Waals surface area contributed by atoms with Gasteiger partial charge in [0.05, 0.1) is 0 Å². The molecule has 5 nitrogen and oxygen atoms in total. The van der Waals surface area contributed by atoms with Gasteiger partial charge >= 0.3 is 0 Å². The van der Waals surface area contributed by atoms with Crippen molar-refractivity contribution in [2.24, 2.45) is 0 Å². The van der Waals surface area contributed by atoms with Gasteiger partial charge in [-0.15, -0.1) is 4.68 Å². The van der Waals surface area contributed by atoms with Crippen molar-refractivity contribution < 1.29 is 13.9 Å². The predicted molar refractivity (Wildman–Crippen MR) is 84.5 cm³/mol. The van der Waals surface area contributed by atoms with Gasteiger partial charge in [0.25, 0.3) is 6.33 Å². The lowest BCUT2D eigenvalue weighted by atomic mass is 9.91. The van der Waals surface area contributed by atoms with Gasteiger partial charge in [-0.2, -0.15) is 0 Å². The topological polar surface area (TPSA) is 57.3 Å². The Kier molecular flexibility index (Phi) is 3.51. The summed E-state index contributed by atoms with van der Waals surface area (Å²) in [4.78, 5) is 0. The van der Waals surface area contributed by atoms with Crippen LogP contribution in [0.5, 0.6) is 0 Å². The quantitative estimate of drug-likeness (QED) is 0.415. The van der Waals surface area contributed by atoms with Crippen molar-refractivity contribution in [3.05, 3.63) is 88.4 Å². The highest BCUT2D eigenvalue weighted by molar-refractivity contribution is 6.31. The summed E-state index contributed by atoms with van der Waals surface area (Å²) in [5, 5.41) is 15.9. The summed E-state index contributed by atoms with van der Waals surface area (Å²) in [6.07, 6.45) is 2.21. The Hall–Kier alpha value is -2.44. The molecule has 1 aromatic heterocycles. The Morgan fingerprint density at radius 2 is 2.00 bits per heavy atom. The Morgan fingerprint density at radius 3 is 2.67 bits per heavy atom. The number of aromatic nitrogens is 3. The minimum Gasteiger partial charge on any atom is -0.740 e. The molecule has 0 amide bonds. The monoisotopic (exact) mass is 345 g/mol. The highest BCUT2D eigenvalue weighted by Crippen LogP contribution is 2.59. The van der Waals surface area contributed by atoms with Crippen molar-refractivity contribution in [2.45, 2.75) is 18.2 Å². The highest BCUT2D eigenvalue weighted by atomic mass is 35.5. The van der Waals surface area contributed by atoms with Gasteiger partial charge < -0.3 is 9.94 Å². The molecule has 1 fully saturated rings. The van der Waals surface area contributed by atoms with Gasteiger partial charge in [0, 0.05) is 15.7 Å². The van der Waals surface area contributed by atoms with Gasteiger partial charge in [-0.3, -0.25) is 4.73 Å². The van der Waals surface area contributed by atoms with Crippen molar-refractivity contribution in [1.29, 1.82) is 0 Å². The average molecular weight is 346 g/mol. The van der Waals surface area contributed by atoms with E-state index in [0.717, 1.165) is 11.1 Å². The Labute approximate surface area is 142 Å². The molecule has 4 rings (SSSR count). The van der Waals surface area contributed by atoms with Gasteiger partial charge in [-0.05, 0) is 23.8 Å². The van der Waals surface area contributed by atoms with Crippen molar-refractivity contribution in [2.75, 3.05) is 0 Å². The van der Waals surface area contributed by atoms with Crippen molar-refractivity contribution in [1.82, 2.24) is 9.78 Å². The zero-order valence-electron chi connectivity index (χ0n) is 12.5. The smallest absolute Gasteiger partial charge is 0.265 e. The summed E-state index contributed by atoms with van der Waals surface area (Å²) in [6.45, 7) is 0.323. The fourth-order valence-electron chi connectivity index (χ4n) is 2.97. The maximum Gasteiger partial charge on any atom is 0.265 e. The molecule has 2 heterocycles. The summed E-state index contributed by atoms with van der Waals surface area (Å²) in [5.74, 6) is -0.319. The molecule has 2 unspecified atom stereocenters. The van der Waals surface area contributed by atoms with E-state index in [2.05, 4.69) is 5.10 Å². The van der Waals surface area contributed by atoms with Crippen LogP contribution in [0, 0.1) is 11.0 Å². The van der Waals surface area contributed by atoms with Crippen molar-refractivity contribution in [3.63, 3.8) is 0 Å². The molecule has 122 valence electrons. The van der Waals surface area contributed by atoms with Gasteiger partial charge in [0.1, 0.15) is 18.5 Å². The number of rotatable bonds is 4. The van der Waals surface area contributed by atoms with Crippen LogP contribution in [0.3, 0.4) is 0 Å². The molecular weight excluding hydrogens is 333 g/mol. The lowest BCUT2D eigenvalue weighted by molar-refractivity contribution is -0.606. The largest absolute Gasteiger partial charge is 0.740 e. The molecule has 3 aromatic rings. The third-order valence-corrected chi connectivity index (χ3v) is 4.52. The molecule has 7 heteroatoms. The minimum absolute atomic E-state index is 0.291. The summed E-state index contributed by atoms with van der Waals surface area (Å²) in [6, 6.07) is 13.6. The number of halogens is 2. The first kappa shape index (κ1) is 15.1. The number of hydrogen-bond acceptors (Lipinski definition) is 3. The molecule has 2 aromatic carbocycles. The second-order valence-electron chi connectivity index (χ2n) is 5.72. The normalized spacial score (nSPS) is 22.5. The van der Waals surface area contributed by atoms with Crippen LogP contribution in [0.1, 0.15) is 17.2 Å². The van der Waals surface area contributed by atoms with Gasteiger partial charge in [0.15, 0.2) is 5.60 Å². The van der Waals surface area contributed by atoms with Crippen molar-refractivity contribution >= 4 is 11.6 Å². The first-order valence-corrected chi connectivity index (χ1v) is 7.76. The van der Waals surface area contributed by atoms with E-state index in [4.69, 9.17) is 16.3 Å². The van der Waals surface area contributed by atoms with E-state index < -0.39 is 5.60 Å². The zero-order chi connectivity index (χ0) is 16.7. The number of epoxide rings is 1. The lowest BCUT2D eigenvalue weighted by Crippen LogP contribution is -2.24. The first-order valence-electron chi connectivity index (χ1n) is 7.38. The standard InChI is InChI=1S/C17H13ClFN3O2/c18-15-4-2-1-3-14(15)16-17(24-16,9-21-11-22(23)10-20-21)12-5-7-13(19)8-6-12/h1-8,10-11,16H,9H2. The van der Waals surface area contributed by atoms with Crippen LogP contribution < -0.4 is 4.73 Å². The van der Waals surface area contributed by atoms with Gasteiger partial charge in [-0.25, -0.2) is 4.39 Å². The first-order chi connectivity index (χ1) is 11.6. The fourth-order valence-corrected chi connectivity index (χ4v) is 3.21. The molecule has 0 saturated carbocycles. The molecule has 0 bridgehead atoms. The van der Waals surface area contributed by atoms with E-state index in [-0.39, 0.29) is 11.9 Å². The Balaban J connectivity index is 1.74. The summed E-state index contributed by atoms with van der Waals surface area (Å²) >= 11 is 6.29. The zero-order valence-corrected chi connectivity index (χ0v) is 13.2. The lowest BCUT2D eigenvalue weighted by Gasteiger charge is -2.11. The summed E-state index contributed by atoms with van der Waals surface area (Å²) in [5.41, 5.74) is 0.921. The Bertz CT molecular complexity index is 884. The van der Waals surface area contributed by atoms with E-state index in [1.54, 1.807) is 18.2 Å². The Morgan fingerprint density at radius 1 is 1.25 bits per heavy atom. The minimum atomic E-state index is -0.738. The van der Waals surface area contributed by atoms with Crippen LogP contribution in [-0.4, -0.2) is 9.78 Å². The molecular formula is C17H13ClFN3O2. The summed E-state index contributed by atoms with van der Waals surface area (Å²) < 4.78 is 21.4. The van der Waals surface area contributed by atoms with Gasteiger partial charge in [0.2, 0.25) is 6.33 Å². The fraction of sp³-hybridized carbons (Fsp3) is 0.176. The molecule has 0 radical (unpaired) electrons. The number of benzene rings is 2. The number of hydrogen-bond donors (Lipinski definition) is 0. The summed E-state index contributed by atoms with van der Waals surface area (Å²) in [7, 11) is 0. The third-order valence-electron chi connectivity index (χ3n) is 4.17. The second kappa shape index (κ2) is 5.58. The van der Waals surface area contributed by atoms with Crippen LogP contribution in [0.4, 0.5) is 4.39 Å². The van der Waals surface area contributed by atoms with Crippen molar-refractivity contribution in [3.8, 4) is 0 Å². The van der Waals surface area contributed by atoms with E-state index in [0.29, 0.717) is 16.3 Å². The van der Waals surface area contributed by atoms with E-state index in [1.165, 1.54) is 29.5 Å². The second-order valence-corrected chi connectivity index (χ2v) is 6.13. The molecule has 0 spiro atoms. The van der Waals surface area contributed by atoms with Crippen LogP contribution in [-0.2, 0) is 16.9 Å². The average Bonchev–Trinajstić information content (AvgIpc) is 3.14. The number of nitrogens with zero attached hydrogens (tertiary/aromatic N) is 3. The third kappa shape index (κ3) is 2.53. The maximum absolute atomic E-state index is 13.3.